The SMILES string of the molecule is CC1(C)OB(B2OC(C)(C)C(C)(C)O2)OC1(C)C.CC1(C)OB(c2ccc(CCS(C)(=O)=O)cc2)OC1(C)C.CC1CCCO1.CS(=O)(=O)CCc1ccc(Br)cc1.CSCCc1ccc(Br)cc1.C[S-].Cc1ccc(S(=O)(=O)OCCc2ccc(Br)cc2)cc1.OCCc1ccc(Br)cc1.[Na+]. The van der Waals surface area contributed by atoms with Crippen molar-refractivity contribution in [3.8, 4) is 0 Å². The first kappa shape index (κ1) is 96.7. The Labute approximate surface area is 679 Å². The molecule has 4 aliphatic heterocycles. The van der Waals surface area contributed by atoms with Gasteiger partial charge in [-0.15, -0.1) is 0 Å². The van der Waals surface area contributed by atoms with Gasteiger partial charge in [-0.3, -0.25) is 4.18 Å². The van der Waals surface area contributed by atoms with Crippen molar-refractivity contribution < 1.29 is 96.8 Å². The third kappa shape index (κ3) is 35.5. The molecule has 1 unspecified atom stereocenters. The third-order valence-corrected chi connectivity index (χ3v) is 23.5. The zero-order valence-corrected chi connectivity index (χ0v) is 75.5. The summed E-state index contributed by atoms with van der Waals surface area (Å²) in [5, 5.41) is 8.58. The smallest absolute Gasteiger partial charge is 0.796 e. The molecule has 1 atom stereocenters. The van der Waals surface area contributed by atoms with Gasteiger partial charge in [0, 0.05) is 43.6 Å². The molecule has 4 aliphatic rings. The van der Waals surface area contributed by atoms with E-state index in [0.29, 0.717) is 25.4 Å². The van der Waals surface area contributed by atoms with Crippen molar-refractivity contribution in [3.05, 3.63) is 197 Å². The van der Waals surface area contributed by atoms with Crippen LogP contribution in [0.25, 0.3) is 0 Å². The number of aliphatic hydroxyl groups excluding tert-OH is 1. The zero-order chi connectivity index (χ0) is 76.3. The monoisotopic (exact) mass is 1770 g/mol. The van der Waals surface area contributed by atoms with Crippen LogP contribution < -0.4 is 35.0 Å². The predicted molar refractivity (Wildman–Crippen MR) is 437 cm³/mol. The van der Waals surface area contributed by atoms with Crippen molar-refractivity contribution >= 4 is 145 Å². The van der Waals surface area contributed by atoms with E-state index in [1.165, 1.54) is 48.7 Å². The number of halogens is 4. The van der Waals surface area contributed by atoms with Gasteiger partial charge in [-0.2, -0.15) is 26.4 Å². The number of sulfone groups is 2. The molecule has 560 valence electrons. The summed E-state index contributed by atoms with van der Waals surface area (Å²) in [6.07, 6.45) is 12.9. The second-order valence-electron chi connectivity index (χ2n) is 27.7. The van der Waals surface area contributed by atoms with E-state index >= 15 is 0 Å². The second-order valence-corrected chi connectivity index (χ2v) is 38.5. The fourth-order valence-corrected chi connectivity index (χ4v) is 12.8. The van der Waals surface area contributed by atoms with Crippen LogP contribution >= 0.6 is 75.5 Å². The fraction of sp³-hybridized carbons (Fsp3) is 0.514. The van der Waals surface area contributed by atoms with Crippen LogP contribution in [0.2, 0.25) is 0 Å². The molecule has 4 fully saturated rings. The van der Waals surface area contributed by atoms with Gasteiger partial charge >= 0.3 is 50.7 Å². The molecule has 0 amide bonds. The summed E-state index contributed by atoms with van der Waals surface area (Å²) in [6, 6.07) is 46.3. The predicted octanol–water partition coefficient (Wildman–Crippen LogP) is 13.3. The van der Waals surface area contributed by atoms with Gasteiger partial charge in [0.25, 0.3) is 10.1 Å². The van der Waals surface area contributed by atoms with E-state index in [2.05, 4.69) is 114 Å². The van der Waals surface area contributed by atoms with Crippen LogP contribution in [0, 0.1) is 6.92 Å². The van der Waals surface area contributed by atoms with Gasteiger partial charge in [0.05, 0.1) is 62.7 Å². The molecular formula is C74H106B3Br4NaO15S5. The molecule has 0 saturated carbocycles. The van der Waals surface area contributed by atoms with Crippen molar-refractivity contribution in [1.29, 1.82) is 0 Å². The standard InChI is InChI=1S/C15H23BO4S.C15H15BrO3S.C12H24B2O4.C9H11BrO2S.C9H11BrS.C8H9BrO.C5H10O.CH4S.Na/c1-14(2)15(3,4)20-16(19-14)13-8-6-12(7-9-13)10-11-21(5,17)18;1-12-2-8-15(9-3-12)20(17,18)19-11-10-13-4-6-14(16)7-5-13;1-9(2)10(3,4)16-13(15-9)14-17-11(5,6)12(7,8)18-14;1-13(11,12)7-6-8-2-4-9(10)5-3-8;1-11-7-6-8-2-4-9(10)5-3-8;9-8-3-1-7(2-4-8)5-6-10;1-5-3-2-4-6-5;1-2;/h6-9H,10-11H2,1-5H3;2-9H,10-11H2,1H3;1-8H3;2-5H,6-7H2,1H3;2-5H,6-7H2,1H3;1-4,10H,5-6H2;5H,2-4H2,1H3;2H,1H3;/q;;;;;;;;+1/p-1. The average Bonchev–Trinajstić information content (AvgIpc) is 1.60. The van der Waals surface area contributed by atoms with Crippen molar-refractivity contribution in [2.75, 3.05) is 62.1 Å². The summed E-state index contributed by atoms with van der Waals surface area (Å²) in [5.74, 6) is 1.60. The molecule has 28 heteroatoms. The number of aliphatic hydroxyl groups is 1. The van der Waals surface area contributed by atoms with Crippen LogP contribution in [0.15, 0.2) is 168 Å². The molecule has 0 bridgehead atoms. The van der Waals surface area contributed by atoms with Gasteiger partial charge in [-0.05, 0) is 248 Å². The number of benzene rings is 6. The van der Waals surface area contributed by atoms with Gasteiger partial charge in [0.2, 0.25) is 0 Å². The Morgan fingerprint density at radius 2 is 0.804 bits per heavy atom. The summed E-state index contributed by atoms with van der Waals surface area (Å²) in [7, 11) is -10.8. The Hall–Kier alpha value is -1.38. The molecule has 102 heavy (non-hydrogen) atoms. The van der Waals surface area contributed by atoms with Gasteiger partial charge in [-0.25, -0.2) is 16.8 Å². The van der Waals surface area contributed by atoms with Crippen LogP contribution in [0.1, 0.15) is 136 Å². The van der Waals surface area contributed by atoms with Gasteiger partial charge in [-0.1, -0.05) is 154 Å². The third-order valence-electron chi connectivity index (χ3n) is 17.5. The van der Waals surface area contributed by atoms with Crippen molar-refractivity contribution in [2.24, 2.45) is 0 Å². The minimum absolute atomic E-state index is 0. The van der Waals surface area contributed by atoms with E-state index in [1.54, 1.807) is 30.5 Å². The van der Waals surface area contributed by atoms with E-state index < -0.39 is 43.8 Å². The molecule has 4 saturated heterocycles. The Morgan fingerprint density at radius 3 is 1.10 bits per heavy atom. The van der Waals surface area contributed by atoms with E-state index in [0.717, 1.165) is 58.6 Å². The molecule has 15 nitrogen and oxygen atoms in total. The maximum absolute atomic E-state index is 12.0. The number of thioether (sulfide) groups is 1. The molecule has 0 aliphatic carbocycles. The van der Waals surface area contributed by atoms with E-state index in [4.69, 9.17) is 42.0 Å². The van der Waals surface area contributed by atoms with Crippen LogP contribution in [0.3, 0.4) is 0 Å². The number of hydrogen-bond donors (Lipinski definition) is 1. The maximum Gasteiger partial charge on any atom is 1.00 e. The van der Waals surface area contributed by atoms with Crippen LogP contribution in [0.5, 0.6) is 0 Å². The van der Waals surface area contributed by atoms with Gasteiger partial charge < -0.3 is 50.4 Å². The quantitative estimate of drug-likeness (QED) is 0.0484. The second kappa shape index (κ2) is 45.1. The first-order valence-electron chi connectivity index (χ1n) is 33.4. The summed E-state index contributed by atoms with van der Waals surface area (Å²) in [5.41, 5.74) is 5.50. The Balaban J connectivity index is 0.000000413. The van der Waals surface area contributed by atoms with Crippen LogP contribution in [0.4, 0.5) is 0 Å². The molecule has 4 heterocycles. The molecule has 0 spiro atoms. The summed E-state index contributed by atoms with van der Waals surface area (Å²) >= 11 is 19.4. The summed E-state index contributed by atoms with van der Waals surface area (Å²) in [4.78, 5) is 0.193. The van der Waals surface area contributed by atoms with E-state index in [9.17, 15) is 25.3 Å². The molecule has 10 rings (SSSR count). The Kier molecular flexibility index (Phi) is 42.7. The minimum Gasteiger partial charge on any atom is -0.796 e. The number of hydrogen-bond acceptors (Lipinski definition) is 17. The van der Waals surface area contributed by atoms with E-state index in [-0.39, 0.29) is 99.9 Å². The van der Waals surface area contributed by atoms with Crippen molar-refractivity contribution in [2.45, 2.75) is 186 Å². The molecule has 6 aromatic carbocycles. The normalized spacial score (nSPS) is 17.8. The fourth-order valence-electron chi connectivity index (χ4n) is 9.16. The Morgan fingerprint density at radius 1 is 0.490 bits per heavy atom. The number of aryl methyl sites for hydroxylation is 4. The topological polar surface area (TPSA) is 196 Å². The van der Waals surface area contributed by atoms with Crippen molar-refractivity contribution in [1.82, 2.24) is 0 Å². The summed E-state index contributed by atoms with van der Waals surface area (Å²) < 4.78 is 118. The number of rotatable bonds is 18. The van der Waals surface area contributed by atoms with E-state index in [1.807, 2.05) is 199 Å². The first-order valence-corrected chi connectivity index (χ1v) is 44.4. The van der Waals surface area contributed by atoms with Crippen LogP contribution in [-0.4, -0.2) is 153 Å². The first-order chi connectivity index (χ1) is 46.9. The Bertz CT molecular complexity index is 3650. The molecule has 0 aromatic heterocycles. The average molecular weight is 1770 g/mol. The zero-order valence-electron chi connectivity index (χ0n) is 63.1. The van der Waals surface area contributed by atoms with Gasteiger partial charge in [0.1, 0.15) is 19.7 Å². The number of ether oxygens (including phenoxy) is 1. The van der Waals surface area contributed by atoms with Crippen molar-refractivity contribution in [3.63, 3.8) is 0 Å². The largest absolute Gasteiger partial charge is 1.00 e. The molecule has 6 aromatic rings. The molecule has 0 radical (unpaired) electrons. The molecular weight excluding hydrogens is 1660 g/mol. The van der Waals surface area contributed by atoms with Gasteiger partial charge in [0.15, 0.2) is 0 Å². The minimum atomic E-state index is -3.66. The van der Waals surface area contributed by atoms with Crippen LogP contribution in [-0.2, 0) is 111 Å². The summed E-state index contributed by atoms with van der Waals surface area (Å²) in [6.45, 7) is 29.7. The maximum atomic E-state index is 12.0. The molecule has 1 N–H and O–H groups in total.